The number of hydrogen-bond donors (Lipinski definition) is 0. The summed E-state index contributed by atoms with van der Waals surface area (Å²) in [6.07, 6.45) is 1.18. The Morgan fingerprint density at radius 2 is 2.20 bits per heavy atom. The number of hydrogen-bond acceptors (Lipinski definition) is 4. The number of nitrogens with zero attached hydrogens (tertiary/aromatic N) is 3. The highest BCUT2D eigenvalue weighted by atomic mass is 19.1. The second kappa shape index (κ2) is 6.24. The Hall–Kier alpha value is -2.29. The van der Waals surface area contributed by atoms with E-state index in [1.54, 1.807) is 0 Å². The van der Waals surface area contributed by atoms with Gasteiger partial charge in [0.2, 0.25) is 5.89 Å². The molecule has 2 aromatic rings. The molecule has 0 amide bonds. The van der Waals surface area contributed by atoms with Crippen LogP contribution >= 0.6 is 0 Å². The molecular formula is C14H13F2N3O. The molecule has 0 aliphatic heterocycles. The summed E-state index contributed by atoms with van der Waals surface area (Å²) in [4.78, 5) is 4.17. The highest BCUT2D eigenvalue weighted by Crippen LogP contribution is 2.20. The van der Waals surface area contributed by atoms with Crippen LogP contribution in [0.15, 0.2) is 22.7 Å². The second-order valence-electron chi connectivity index (χ2n) is 4.56. The molecule has 1 aromatic carbocycles. The molecule has 1 aromatic heterocycles. The van der Waals surface area contributed by atoms with Gasteiger partial charge in [-0.05, 0) is 18.1 Å². The van der Waals surface area contributed by atoms with Gasteiger partial charge in [0.15, 0.2) is 5.82 Å². The first-order valence-electron chi connectivity index (χ1n) is 6.23. The van der Waals surface area contributed by atoms with E-state index in [0.29, 0.717) is 30.1 Å². The van der Waals surface area contributed by atoms with Crippen LogP contribution in [0, 0.1) is 23.0 Å². The lowest BCUT2D eigenvalue weighted by Gasteiger charge is -2.01. The van der Waals surface area contributed by atoms with Crippen LogP contribution in [0.2, 0.25) is 0 Å². The Kier molecular flexibility index (Phi) is 4.41. The number of benzene rings is 1. The van der Waals surface area contributed by atoms with E-state index in [1.165, 1.54) is 12.1 Å². The van der Waals surface area contributed by atoms with Crippen LogP contribution in [-0.2, 0) is 6.42 Å². The fourth-order valence-corrected chi connectivity index (χ4v) is 1.78. The fourth-order valence-electron chi connectivity index (χ4n) is 1.78. The lowest BCUT2D eigenvalue weighted by molar-refractivity contribution is 0.351. The zero-order valence-electron chi connectivity index (χ0n) is 10.9. The molecule has 4 nitrogen and oxygen atoms in total. The summed E-state index contributed by atoms with van der Waals surface area (Å²) in [6.45, 7) is 1.88. The maximum Gasteiger partial charge on any atom is 0.229 e. The molecule has 6 heteroatoms. The van der Waals surface area contributed by atoms with Gasteiger partial charge in [0, 0.05) is 24.8 Å². The number of nitriles is 1. The summed E-state index contributed by atoms with van der Waals surface area (Å²) in [5.41, 5.74) is 0.309. The van der Waals surface area contributed by atoms with Gasteiger partial charge in [0.05, 0.1) is 6.07 Å². The highest BCUT2D eigenvalue weighted by molar-refractivity contribution is 5.21. The molecule has 0 saturated carbocycles. The molecule has 104 valence electrons. The quantitative estimate of drug-likeness (QED) is 0.840. The SMILES string of the molecule is CC(CCC#N)c1nc(Cc2ccc(F)cc2F)no1. The molecular weight excluding hydrogens is 264 g/mol. The minimum absolute atomic E-state index is 0.0195. The van der Waals surface area contributed by atoms with Gasteiger partial charge in [0.25, 0.3) is 0 Å². The normalized spacial score (nSPS) is 12.1. The van der Waals surface area contributed by atoms with Gasteiger partial charge in [-0.15, -0.1) is 0 Å². The minimum Gasteiger partial charge on any atom is -0.339 e. The maximum absolute atomic E-state index is 13.5. The summed E-state index contributed by atoms with van der Waals surface area (Å²) < 4.78 is 31.4. The summed E-state index contributed by atoms with van der Waals surface area (Å²) in [5, 5.41) is 12.3. The van der Waals surface area contributed by atoms with Crippen molar-refractivity contribution in [3.8, 4) is 6.07 Å². The van der Waals surface area contributed by atoms with Gasteiger partial charge in [-0.2, -0.15) is 10.2 Å². The van der Waals surface area contributed by atoms with Crippen LogP contribution in [0.4, 0.5) is 8.78 Å². The monoisotopic (exact) mass is 277 g/mol. The van der Waals surface area contributed by atoms with Crippen molar-refractivity contribution in [3.05, 3.63) is 47.1 Å². The molecule has 20 heavy (non-hydrogen) atoms. The first kappa shape index (κ1) is 14.1. The second-order valence-corrected chi connectivity index (χ2v) is 4.56. The first-order chi connectivity index (χ1) is 9.60. The fraction of sp³-hybridized carbons (Fsp3) is 0.357. The lowest BCUT2D eigenvalue weighted by Crippen LogP contribution is -1.97. The van der Waals surface area contributed by atoms with Crippen LogP contribution in [0.1, 0.15) is 43.0 Å². The van der Waals surface area contributed by atoms with Gasteiger partial charge in [-0.25, -0.2) is 8.78 Å². The molecule has 0 saturated heterocycles. The third-order valence-corrected chi connectivity index (χ3v) is 2.96. The molecule has 0 bridgehead atoms. The van der Waals surface area contributed by atoms with E-state index in [1.807, 2.05) is 6.92 Å². The summed E-state index contributed by atoms with van der Waals surface area (Å²) >= 11 is 0. The van der Waals surface area contributed by atoms with E-state index in [9.17, 15) is 8.78 Å². The Bertz CT molecular complexity index is 634. The summed E-state index contributed by atoms with van der Waals surface area (Å²) in [5.74, 6) is -0.500. The topological polar surface area (TPSA) is 62.7 Å². The van der Waals surface area contributed by atoms with Crippen molar-refractivity contribution in [3.63, 3.8) is 0 Å². The van der Waals surface area contributed by atoms with Crippen LogP contribution in [-0.4, -0.2) is 10.1 Å². The van der Waals surface area contributed by atoms with Gasteiger partial charge in [-0.1, -0.05) is 18.1 Å². The Morgan fingerprint density at radius 3 is 2.90 bits per heavy atom. The van der Waals surface area contributed by atoms with Crippen LogP contribution in [0.25, 0.3) is 0 Å². The largest absolute Gasteiger partial charge is 0.339 e. The number of halogens is 2. The van der Waals surface area contributed by atoms with E-state index in [-0.39, 0.29) is 12.3 Å². The van der Waals surface area contributed by atoms with E-state index in [0.717, 1.165) is 6.07 Å². The van der Waals surface area contributed by atoms with Crippen LogP contribution in [0.3, 0.4) is 0 Å². The van der Waals surface area contributed by atoms with Gasteiger partial charge in [-0.3, -0.25) is 0 Å². The molecule has 1 heterocycles. The Balaban J connectivity index is 2.08. The van der Waals surface area contributed by atoms with Crippen molar-refractivity contribution in [2.45, 2.75) is 32.1 Å². The molecule has 0 N–H and O–H groups in total. The van der Waals surface area contributed by atoms with Crippen molar-refractivity contribution in [1.82, 2.24) is 10.1 Å². The molecule has 1 atom stereocenters. The number of rotatable bonds is 5. The van der Waals surface area contributed by atoms with E-state index < -0.39 is 11.6 Å². The first-order valence-corrected chi connectivity index (χ1v) is 6.23. The maximum atomic E-state index is 13.5. The molecule has 0 radical (unpaired) electrons. The van der Waals surface area contributed by atoms with Crippen molar-refractivity contribution >= 4 is 0 Å². The molecule has 2 rings (SSSR count). The minimum atomic E-state index is -0.631. The van der Waals surface area contributed by atoms with Gasteiger partial charge < -0.3 is 4.52 Å². The van der Waals surface area contributed by atoms with Gasteiger partial charge >= 0.3 is 0 Å². The molecule has 0 spiro atoms. The van der Waals surface area contributed by atoms with Crippen LogP contribution < -0.4 is 0 Å². The van der Waals surface area contributed by atoms with Crippen molar-refractivity contribution in [2.75, 3.05) is 0 Å². The summed E-state index contributed by atoms with van der Waals surface area (Å²) in [6, 6.07) is 5.43. The smallest absolute Gasteiger partial charge is 0.229 e. The van der Waals surface area contributed by atoms with E-state index >= 15 is 0 Å². The number of aromatic nitrogens is 2. The van der Waals surface area contributed by atoms with Crippen molar-refractivity contribution in [2.24, 2.45) is 0 Å². The molecule has 0 fully saturated rings. The predicted molar refractivity (Wildman–Crippen MR) is 66.7 cm³/mol. The van der Waals surface area contributed by atoms with E-state index in [4.69, 9.17) is 9.78 Å². The van der Waals surface area contributed by atoms with Crippen LogP contribution in [0.5, 0.6) is 0 Å². The Morgan fingerprint density at radius 1 is 1.40 bits per heavy atom. The molecule has 0 aliphatic carbocycles. The van der Waals surface area contributed by atoms with Crippen molar-refractivity contribution in [1.29, 1.82) is 5.26 Å². The zero-order chi connectivity index (χ0) is 14.5. The van der Waals surface area contributed by atoms with E-state index in [2.05, 4.69) is 16.2 Å². The Labute approximate surface area is 115 Å². The molecule has 1 unspecified atom stereocenters. The third kappa shape index (κ3) is 3.38. The van der Waals surface area contributed by atoms with Crippen molar-refractivity contribution < 1.29 is 13.3 Å². The lowest BCUT2D eigenvalue weighted by atomic mass is 10.1. The summed E-state index contributed by atoms with van der Waals surface area (Å²) in [7, 11) is 0. The third-order valence-electron chi connectivity index (χ3n) is 2.96. The van der Waals surface area contributed by atoms with Gasteiger partial charge in [0.1, 0.15) is 11.6 Å². The zero-order valence-corrected chi connectivity index (χ0v) is 10.9. The average Bonchev–Trinajstić information content (AvgIpc) is 2.88. The standard InChI is InChI=1S/C14H13F2N3O/c1-9(3-2-6-17)14-18-13(19-20-14)7-10-4-5-11(15)8-12(10)16/h4-5,8-9H,2-3,7H2,1H3. The average molecular weight is 277 g/mol. The molecule has 0 aliphatic rings. The predicted octanol–water partition coefficient (Wildman–Crippen LogP) is 3.35. The highest BCUT2D eigenvalue weighted by Gasteiger charge is 2.15.